The van der Waals surface area contributed by atoms with Crippen LogP contribution in [0, 0.1) is 0 Å². The van der Waals surface area contributed by atoms with Crippen molar-refractivity contribution in [3.8, 4) is 0 Å². The van der Waals surface area contributed by atoms with E-state index in [1.54, 1.807) is 0 Å². The summed E-state index contributed by atoms with van der Waals surface area (Å²) in [5, 5.41) is 6.62. The molecule has 0 aromatic heterocycles. The van der Waals surface area contributed by atoms with Gasteiger partial charge in [-0.05, 0) is 19.4 Å². The van der Waals surface area contributed by atoms with E-state index in [0.29, 0.717) is 6.04 Å². The summed E-state index contributed by atoms with van der Waals surface area (Å²) in [6.07, 6.45) is 3.69. The van der Waals surface area contributed by atoms with Crippen LogP contribution in [0.3, 0.4) is 0 Å². The van der Waals surface area contributed by atoms with Gasteiger partial charge in [0.15, 0.2) is 0 Å². The minimum absolute atomic E-state index is 0.701. The average Bonchev–Trinajstić information content (AvgIpc) is 2.41. The topological polar surface area (TPSA) is 50.1 Å². The lowest BCUT2D eigenvalue weighted by Gasteiger charge is -2.06. The minimum Gasteiger partial charge on any atom is -0.330 e. The van der Waals surface area contributed by atoms with Crippen LogP contribution in [0.2, 0.25) is 0 Å². The summed E-state index contributed by atoms with van der Waals surface area (Å²) < 4.78 is 0. The van der Waals surface area contributed by atoms with Gasteiger partial charge in [-0.1, -0.05) is 6.42 Å². The predicted octanol–water partition coefficient (Wildman–Crippen LogP) is -0.366. The van der Waals surface area contributed by atoms with E-state index in [0.717, 1.165) is 26.2 Å². The molecule has 60 valence electrons. The molecule has 0 aromatic carbocycles. The van der Waals surface area contributed by atoms with E-state index in [-0.39, 0.29) is 0 Å². The Morgan fingerprint density at radius 3 is 2.90 bits per heavy atom. The van der Waals surface area contributed by atoms with Gasteiger partial charge in [0.1, 0.15) is 0 Å². The second-order valence-corrected chi connectivity index (χ2v) is 2.82. The highest BCUT2D eigenvalue weighted by atomic mass is 15.2. The molecule has 0 bridgehead atoms. The Labute approximate surface area is 62.4 Å². The lowest BCUT2D eigenvalue weighted by Crippen LogP contribution is -2.23. The van der Waals surface area contributed by atoms with Gasteiger partial charge in [0.25, 0.3) is 0 Å². The van der Waals surface area contributed by atoms with Crippen molar-refractivity contribution >= 4 is 0 Å². The summed E-state index contributed by atoms with van der Waals surface area (Å²) in [6.45, 7) is 2.94. The van der Waals surface area contributed by atoms with Crippen molar-refractivity contribution < 1.29 is 0 Å². The zero-order valence-electron chi connectivity index (χ0n) is 6.40. The molecule has 10 heavy (non-hydrogen) atoms. The van der Waals surface area contributed by atoms with Crippen molar-refractivity contribution in [2.75, 3.05) is 19.8 Å². The molecule has 1 aliphatic heterocycles. The molecule has 0 unspecified atom stereocenters. The summed E-state index contributed by atoms with van der Waals surface area (Å²) in [7, 11) is 0. The van der Waals surface area contributed by atoms with Crippen LogP contribution in [-0.4, -0.2) is 25.8 Å². The number of hydrogen-bond donors (Lipinski definition) is 3. The van der Waals surface area contributed by atoms with Crippen LogP contribution in [0.4, 0.5) is 0 Å². The van der Waals surface area contributed by atoms with Crippen LogP contribution >= 0.6 is 0 Å². The molecule has 1 atom stereocenters. The molecule has 0 spiro atoms. The Bertz CT molecular complexity index is 78.9. The minimum atomic E-state index is 0.701. The lowest BCUT2D eigenvalue weighted by molar-refractivity contribution is 0.544. The van der Waals surface area contributed by atoms with Gasteiger partial charge in [0.05, 0.1) is 0 Å². The number of rotatable bonds is 4. The monoisotopic (exact) mass is 143 g/mol. The fourth-order valence-corrected chi connectivity index (χ4v) is 1.27. The molecule has 1 heterocycles. The lowest BCUT2D eigenvalue weighted by atomic mass is 10.1. The summed E-state index contributed by atoms with van der Waals surface area (Å²) in [5.41, 5.74) is 5.38. The van der Waals surface area contributed by atoms with Gasteiger partial charge in [-0.3, -0.25) is 0 Å². The third-order valence-electron chi connectivity index (χ3n) is 1.91. The molecule has 4 N–H and O–H groups in total. The Morgan fingerprint density at radius 1 is 1.40 bits per heavy atom. The summed E-state index contributed by atoms with van der Waals surface area (Å²) in [6, 6.07) is 0.701. The van der Waals surface area contributed by atoms with E-state index in [9.17, 15) is 0 Å². The van der Waals surface area contributed by atoms with Crippen molar-refractivity contribution in [2.45, 2.75) is 25.3 Å². The molecular weight excluding hydrogens is 126 g/mol. The van der Waals surface area contributed by atoms with E-state index in [2.05, 4.69) is 10.6 Å². The van der Waals surface area contributed by atoms with Gasteiger partial charge in [0.2, 0.25) is 0 Å². The SMILES string of the molecule is NCCCC[C@H]1CNCN1. The number of nitrogens with two attached hydrogens (primary N) is 1. The normalized spacial score (nSPS) is 25.5. The van der Waals surface area contributed by atoms with Crippen molar-refractivity contribution in [3.05, 3.63) is 0 Å². The Morgan fingerprint density at radius 2 is 2.30 bits per heavy atom. The first-order valence-electron chi connectivity index (χ1n) is 4.07. The summed E-state index contributed by atoms with van der Waals surface area (Å²) >= 11 is 0. The second-order valence-electron chi connectivity index (χ2n) is 2.82. The molecule has 0 amide bonds. The maximum atomic E-state index is 5.38. The maximum absolute atomic E-state index is 5.38. The van der Waals surface area contributed by atoms with Crippen LogP contribution in [0.1, 0.15) is 19.3 Å². The van der Waals surface area contributed by atoms with Gasteiger partial charge in [-0.2, -0.15) is 0 Å². The number of unbranched alkanes of at least 4 members (excludes halogenated alkanes) is 1. The highest BCUT2D eigenvalue weighted by Gasteiger charge is 2.11. The fourth-order valence-electron chi connectivity index (χ4n) is 1.27. The van der Waals surface area contributed by atoms with Gasteiger partial charge in [-0.25, -0.2) is 0 Å². The molecule has 1 fully saturated rings. The molecule has 3 heteroatoms. The van der Waals surface area contributed by atoms with Gasteiger partial charge in [0, 0.05) is 19.3 Å². The highest BCUT2D eigenvalue weighted by Crippen LogP contribution is 2.01. The first kappa shape index (κ1) is 7.98. The number of nitrogens with one attached hydrogen (secondary N) is 2. The van der Waals surface area contributed by atoms with E-state index in [1.165, 1.54) is 12.8 Å². The van der Waals surface area contributed by atoms with E-state index < -0.39 is 0 Å². The quantitative estimate of drug-likeness (QED) is 0.471. The average molecular weight is 143 g/mol. The molecule has 3 nitrogen and oxygen atoms in total. The van der Waals surface area contributed by atoms with Crippen molar-refractivity contribution in [1.29, 1.82) is 0 Å². The van der Waals surface area contributed by atoms with E-state index >= 15 is 0 Å². The smallest absolute Gasteiger partial charge is 0.0457 e. The molecule has 1 rings (SSSR count). The van der Waals surface area contributed by atoms with Crippen LogP contribution < -0.4 is 16.4 Å². The molecule has 1 aliphatic rings. The van der Waals surface area contributed by atoms with Gasteiger partial charge < -0.3 is 16.4 Å². The zero-order chi connectivity index (χ0) is 7.23. The van der Waals surface area contributed by atoms with E-state index in [1.807, 2.05) is 0 Å². The molecule has 0 aliphatic carbocycles. The standard InChI is InChI=1S/C7H17N3/c8-4-2-1-3-7-5-9-6-10-7/h7,9-10H,1-6,8H2/t7-/m0/s1. The van der Waals surface area contributed by atoms with E-state index in [4.69, 9.17) is 5.73 Å². The molecule has 0 aromatic rings. The Hall–Kier alpha value is -0.120. The predicted molar refractivity (Wildman–Crippen MR) is 42.7 cm³/mol. The van der Waals surface area contributed by atoms with Crippen LogP contribution in [-0.2, 0) is 0 Å². The number of hydrogen-bond acceptors (Lipinski definition) is 3. The van der Waals surface area contributed by atoms with Crippen LogP contribution in [0.25, 0.3) is 0 Å². The van der Waals surface area contributed by atoms with Crippen LogP contribution in [0.15, 0.2) is 0 Å². The highest BCUT2D eigenvalue weighted by molar-refractivity contribution is 4.74. The molecule has 0 saturated carbocycles. The Balaban J connectivity index is 1.91. The van der Waals surface area contributed by atoms with Crippen LogP contribution in [0.5, 0.6) is 0 Å². The third-order valence-corrected chi connectivity index (χ3v) is 1.91. The van der Waals surface area contributed by atoms with Gasteiger partial charge in [-0.15, -0.1) is 0 Å². The summed E-state index contributed by atoms with van der Waals surface area (Å²) in [4.78, 5) is 0. The Kier molecular flexibility index (Phi) is 3.72. The molecule has 1 saturated heterocycles. The van der Waals surface area contributed by atoms with Crippen molar-refractivity contribution in [1.82, 2.24) is 10.6 Å². The van der Waals surface area contributed by atoms with Crippen molar-refractivity contribution in [3.63, 3.8) is 0 Å². The first-order valence-corrected chi connectivity index (χ1v) is 4.07. The van der Waals surface area contributed by atoms with Crippen molar-refractivity contribution in [2.24, 2.45) is 5.73 Å². The van der Waals surface area contributed by atoms with Gasteiger partial charge >= 0.3 is 0 Å². The maximum Gasteiger partial charge on any atom is 0.0457 e. The fraction of sp³-hybridized carbons (Fsp3) is 1.00. The first-order chi connectivity index (χ1) is 4.93. The second kappa shape index (κ2) is 4.66. The third kappa shape index (κ3) is 2.64. The molecule has 0 radical (unpaired) electrons. The summed E-state index contributed by atoms with van der Waals surface area (Å²) in [5.74, 6) is 0. The largest absolute Gasteiger partial charge is 0.330 e. The molecular formula is C7H17N3. The zero-order valence-corrected chi connectivity index (χ0v) is 6.40.